The topological polar surface area (TPSA) is 133 Å². The van der Waals surface area contributed by atoms with Crippen molar-refractivity contribution in [3.05, 3.63) is 23.9 Å². The second-order valence-corrected chi connectivity index (χ2v) is 2.57. The molecule has 0 unspecified atom stereocenters. The van der Waals surface area contributed by atoms with Crippen LogP contribution in [0.5, 0.6) is 0 Å². The summed E-state index contributed by atoms with van der Waals surface area (Å²) in [5.74, 6) is -0.608. The number of carbonyl (C=O) groups is 1. The van der Waals surface area contributed by atoms with Crippen LogP contribution in [0.25, 0.3) is 0 Å². The number of amides is 1. The van der Waals surface area contributed by atoms with Gasteiger partial charge >= 0.3 is 0 Å². The number of nitrogens with one attached hydrogen (secondary N) is 2. The summed E-state index contributed by atoms with van der Waals surface area (Å²) in [4.78, 5) is 19.0. The van der Waals surface area contributed by atoms with Gasteiger partial charge in [-0.1, -0.05) is 0 Å². The van der Waals surface area contributed by atoms with Gasteiger partial charge in [0.1, 0.15) is 6.07 Å². The predicted molar refractivity (Wildman–Crippen MR) is 48.9 cm³/mol. The highest BCUT2D eigenvalue weighted by Gasteiger charge is 2.13. The van der Waals surface area contributed by atoms with Gasteiger partial charge in [-0.3, -0.25) is 4.79 Å². The molecule has 0 bridgehead atoms. The van der Waals surface area contributed by atoms with Crippen molar-refractivity contribution < 1.29 is 4.79 Å². The van der Waals surface area contributed by atoms with Gasteiger partial charge < -0.3 is 5.32 Å². The van der Waals surface area contributed by atoms with Crippen molar-refractivity contribution in [2.75, 3.05) is 5.32 Å². The molecule has 0 spiro atoms. The van der Waals surface area contributed by atoms with Gasteiger partial charge in [-0.25, -0.2) is 15.1 Å². The predicted octanol–water partition coefficient (Wildman–Crippen LogP) is -0.886. The van der Waals surface area contributed by atoms with E-state index >= 15 is 0 Å². The normalized spacial score (nSPS) is 9.44. The zero-order valence-corrected chi connectivity index (χ0v) is 7.75. The van der Waals surface area contributed by atoms with Gasteiger partial charge in [0, 0.05) is 12.4 Å². The first-order valence-corrected chi connectivity index (χ1v) is 4.07. The summed E-state index contributed by atoms with van der Waals surface area (Å²) < 4.78 is 0. The summed E-state index contributed by atoms with van der Waals surface area (Å²) in [6, 6.07) is 1.80. The molecule has 2 rings (SSSR count). The lowest BCUT2D eigenvalue weighted by atomic mass is 10.4. The first-order chi connectivity index (χ1) is 7.81. The van der Waals surface area contributed by atoms with E-state index in [-0.39, 0.29) is 17.3 Å². The highest BCUT2D eigenvalue weighted by molar-refractivity contribution is 6.01. The van der Waals surface area contributed by atoms with Gasteiger partial charge in [0.25, 0.3) is 5.91 Å². The molecular formula is C7H4N8O. The summed E-state index contributed by atoms with van der Waals surface area (Å²) in [5, 5.41) is 23.2. The molecule has 0 atom stereocenters. The Morgan fingerprint density at radius 1 is 1.44 bits per heavy atom. The number of aromatic nitrogens is 6. The van der Waals surface area contributed by atoms with Crippen molar-refractivity contribution in [3.63, 3.8) is 0 Å². The average Bonchev–Trinajstić information content (AvgIpc) is 2.83. The van der Waals surface area contributed by atoms with Crippen LogP contribution in [-0.4, -0.2) is 36.5 Å². The number of aromatic amines is 1. The number of hydrogen-bond acceptors (Lipinski definition) is 7. The molecule has 0 radical (unpaired) electrons. The number of hydrogen-bond donors (Lipinski definition) is 2. The zero-order chi connectivity index (χ0) is 11.4. The van der Waals surface area contributed by atoms with Crippen LogP contribution in [0.2, 0.25) is 0 Å². The minimum Gasteiger partial charge on any atom is -0.301 e. The SMILES string of the molecule is N#Cc1nccnc1NC(=O)c1nnn[nH]1. The van der Waals surface area contributed by atoms with Gasteiger partial charge in [0.2, 0.25) is 5.82 Å². The minimum atomic E-state index is -0.595. The van der Waals surface area contributed by atoms with Crippen molar-refractivity contribution >= 4 is 11.7 Å². The fourth-order valence-corrected chi connectivity index (χ4v) is 0.933. The summed E-state index contributed by atoms with van der Waals surface area (Å²) in [6.45, 7) is 0. The van der Waals surface area contributed by atoms with E-state index in [1.54, 1.807) is 6.07 Å². The van der Waals surface area contributed by atoms with Gasteiger partial charge in [0.15, 0.2) is 11.5 Å². The number of rotatable bonds is 2. The Balaban J connectivity index is 2.22. The fourth-order valence-electron chi connectivity index (χ4n) is 0.933. The van der Waals surface area contributed by atoms with Crippen LogP contribution in [0, 0.1) is 11.3 Å². The number of H-pyrrole nitrogens is 1. The standard InChI is InChI=1S/C7H4N8O/c8-3-4-5(10-2-1-9-4)11-7(16)6-12-14-15-13-6/h1-2H,(H,10,11,16)(H,12,13,14,15). The van der Waals surface area contributed by atoms with Crippen LogP contribution in [-0.2, 0) is 0 Å². The van der Waals surface area contributed by atoms with Crippen molar-refractivity contribution in [2.45, 2.75) is 0 Å². The lowest BCUT2D eigenvalue weighted by molar-refractivity contribution is 0.101. The molecule has 2 N–H and O–H groups in total. The number of nitriles is 1. The van der Waals surface area contributed by atoms with E-state index in [4.69, 9.17) is 5.26 Å². The fraction of sp³-hybridized carbons (Fsp3) is 0. The van der Waals surface area contributed by atoms with E-state index in [2.05, 4.69) is 35.9 Å². The largest absolute Gasteiger partial charge is 0.301 e. The Bertz CT molecular complexity index is 542. The van der Waals surface area contributed by atoms with Crippen LogP contribution < -0.4 is 5.32 Å². The maximum atomic E-state index is 11.5. The third-order valence-electron chi connectivity index (χ3n) is 1.60. The van der Waals surface area contributed by atoms with Gasteiger partial charge in [-0.05, 0) is 10.4 Å². The summed E-state index contributed by atoms with van der Waals surface area (Å²) in [5.41, 5.74) is 0.0170. The zero-order valence-electron chi connectivity index (χ0n) is 7.75. The van der Waals surface area contributed by atoms with E-state index < -0.39 is 5.91 Å². The quantitative estimate of drug-likeness (QED) is 0.665. The monoisotopic (exact) mass is 216 g/mol. The Morgan fingerprint density at radius 2 is 2.25 bits per heavy atom. The Morgan fingerprint density at radius 3 is 2.94 bits per heavy atom. The molecule has 0 saturated carbocycles. The van der Waals surface area contributed by atoms with Crippen LogP contribution >= 0.6 is 0 Å². The minimum absolute atomic E-state index is 0.0170. The molecule has 2 aromatic heterocycles. The molecule has 78 valence electrons. The van der Waals surface area contributed by atoms with Crippen LogP contribution in [0.1, 0.15) is 16.3 Å². The molecule has 2 aromatic rings. The van der Waals surface area contributed by atoms with Crippen molar-refractivity contribution in [2.24, 2.45) is 0 Å². The molecule has 0 aliphatic rings. The number of carbonyl (C=O) groups excluding carboxylic acids is 1. The van der Waals surface area contributed by atoms with Crippen molar-refractivity contribution in [3.8, 4) is 6.07 Å². The molecule has 0 aliphatic heterocycles. The summed E-state index contributed by atoms with van der Waals surface area (Å²) in [7, 11) is 0. The Labute approximate surface area is 88.5 Å². The molecule has 0 fully saturated rings. The second kappa shape index (κ2) is 4.09. The van der Waals surface area contributed by atoms with Crippen molar-refractivity contribution in [1.29, 1.82) is 5.26 Å². The molecule has 9 heteroatoms. The second-order valence-electron chi connectivity index (χ2n) is 2.57. The maximum absolute atomic E-state index is 11.5. The van der Waals surface area contributed by atoms with E-state index in [0.29, 0.717) is 0 Å². The Hall–Kier alpha value is -2.89. The molecule has 1 amide bonds. The summed E-state index contributed by atoms with van der Waals surface area (Å²) in [6.07, 6.45) is 2.71. The van der Waals surface area contributed by atoms with E-state index in [1.165, 1.54) is 12.4 Å². The number of anilines is 1. The Kier molecular flexibility index (Phi) is 2.47. The lowest BCUT2D eigenvalue weighted by Crippen LogP contribution is -2.16. The smallest absolute Gasteiger partial charge is 0.296 e. The first kappa shape index (κ1) is 9.66. The molecule has 0 aromatic carbocycles. The average molecular weight is 216 g/mol. The number of tetrazole rings is 1. The summed E-state index contributed by atoms with van der Waals surface area (Å²) >= 11 is 0. The van der Waals surface area contributed by atoms with Crippen LogP contribution in [0.4, 0.5) is 5.82 Å². The van der Waals surface area contributed by atoms with E-state index in [1.807, 2.05) is 0 Å². The molecule has 0 aliphatic carbocycles. The van der Waals surface area contributed by atoms with Crippen molar-refractivity contribution in [1.82, 2.24) is 30.6 Å². The number of nitrogens with zero attached hydrogens (tertiary/aromatic N) is 6. The van der Waals surface area contributed by atoms with E-state index in [9.17, 15) is 4.79 Å². The molecule has 16 heavy (non-hydrogen) atoms. The molecule has 2 heterocycles. The van der Waals surface area contributed by atoms with Crippen LogP contribution in [0.15, 0.2) is 12.4 Å². The third kappa shape index (κ3) is 1.80. The molecule has 9 nitrogen and oxygen atoms in total. The highest BCUT2D eigenvalue weighted by Crippen LogP contribution is 2.06. The van der Waals surface area contributed by atoms with Gasteiger partial charge in [-0.15, -0.1) is 5.10 Å². The lowest BCUT2D eigenvalue weighted by Gasteiger charge is -2.01. The highest BCUT2D eigenvalue weighted by atomic mass is 16.2. The first-order valence-electron chi connectivity index (χ1n) is 4.07. The maximum Gasteiger partial charge on any atom is 0.296 e. The van der Waals surface area contributed by atoms with Gasteiger partial charge in [0.05, 0.1) is 0 Å². The molecule has 0 saturated heterocycles. The third-order valence-corrected chi connectivity index (χ3v) is 1.60. The molecular weight excluding hydrogens is 212 g/mol. The van der Waals surface area contributed by atoms with E-state index in [0.717, 1.165) is 0 Å². The van der Waals surface area contributed by atoms with Gasteiger partial charge in [-0.2, -0.15) is 5.26 Å². The van der Waals surface area contributed by atoms with Crippen LogP contribution in [0.3, 0.4) is 0 Å².